The van der Waals surface area contributed by atoms with Gasteiger partial charge in [-0.15, -0.1) is 0 Å². The molecule has 0 aliphatic carbocycles. The van der Waals surface area contributed by atoms with Crippen LogP contribution in [0.3, 0.4) is 0 Å². The Morgan fingerprint density at radius 1 is 1.48 bits per heavy atom. The monoisotopic (exact) mass is 367 g/mol. The first-order valence-electron chi connectivity index (χ1n) is 6.32. The first-order chi connectivity index (χ1) is 10.0. The lowest BCUT2D eigenvalue weighted by atomic mass is 10.1. The number of pyridine rings is 1. The van der Waals surface area contributed by atoms with Crippen LogP contribution in [-0.2, 0) is 6.54 Å². The molecule has 2 N–H and O–H groups in total. The number of Topliss-reactive ketones (excluding diaryl/α,β-unsaturated/α-hetero) is 1. The van der Waals surface area contributed by atoms with E-state index in [4.69, 9.17) is 17.3 Å². The smallest absolute Gasteiger partial charge is 0.252 e. The van der Waals surface area contributed by atoms with Crippen LogP contribution in [0.25, 0.3) is 11.3 Å². The zero-order valence-corrected chi connectivity index (χ0v) is 13.2. The maximum absolute atomic E-state index is 12.4. The summed E-state index contributed by atoms with van der Waals surface area (Å²) < 4.78 is 1.76. The minimum absolute atomic E-state index is 0.0877. The van der Waals surface area contributed by atoms with E-state index in [0.717, 1.165) is 5.56 Å². The molecule has 0 spiro atoms. The van der Waals surface area contributed by atoms with Crippen LogP contribution in [0.1, 0.15) is 27.3 Å². The first-order valence-corrected chi connectivity index (χ1v) is 7.62. The standard InChI is InChI=1S/C14H11BrClN3O2/c15-8-3-5-19-11(7-2-1-4-18-6-7)10(16)9(14(17)21)12(19)13(8)20/h1-2,4,6,8H,3,5H2,(H2,17,21). The highest BCUT2D eigenvalue weighted by atomic mass is 79.9. The number of alkyl halides is 1. The number of hydrogen-bond donors (Lipinski definition) is 1. The van der Waals surface area contributed by atoms with Gasteiger partial charge in [0.1, 0.15) is 5.69 Å². The molecule has 1 aliphatic heterocycles. The summed E-state index contributed by atoms with van der Waals surface area (Å²) in [5.74, 6) is -0.874. The molecule has 1 amide bonds. The van der Waals surface area contributed by atoms with Crippen molar-refractivity contribution in [3.8, 4) is 11.3 Å². The molecule has 3 heterocycles. The van der Waals surface area contributed by atoms with E-state index in [1.807, 2.05) is 6.07 Å². The third kappa shape index (κ3) is 2.18. The minimum atomic E-state index is -0.700. The molecule has 3 rings (SSSR count). The van der Waals surface area contributed by atoms with Crippen molar-refractivity contribution in [1.82, 2.24) is 9.55 Å². The van der Waals surface area contributed by atoms with Crippen LogP contribution < -0.4 is 5.73 Å². The molecule has 0 bridgehead atoms. The zero-order valence-electron chi connectivity index (χ0n) is 10.8. The third-order valence-corrected chi connectivity index (χ3v) is 4.75. The number of aromatic nitrogens is 2. The summed E-state index contributed by atoms with van der Waals surface area (Å²) in [7, 11) is 0. The summed E-state index contributed by atoms with van der Waals surface area (Å²) in [6.07, 6.45) is 3.92. The Bertz CT molecular complexity index is 742. The van der Waals surface area contributed by atoms with Crippen LogP contribution in [0.4, 0.5) is 0 Å². The van der Waals surface area contributed by atoms with E-state index >= 15 is 0 Å². The number of fused-ring (bicyclic) bond motifs is 1. The molecule has 1 atom stereocenters. The molecule has 2 aromatic rings. The molecule has 1 aliphatic rings. The van der Waals surface area contributed by atoms with Gasteiger partial charge in [0, 0.05) is 24.5 Å². The van der Waals surface area contributed by atoms with Crippen LogP contribution in [0.5, 0.6) is 0 Å². The van der Waals surface area contributed by atoms with Crippen molar-refractivity contribution in [1.29, 1.82) is 0 Å². The van der Waals surface area contributed by atoms with E-state index in [0.29, 0.717) is 18.7 Å². The zero-order chi connectivity index (χ0) is 15.1. The van der Waals surface area contributed by atoms with E-state index in [1.54, 1.807) is 23.0 Å². The Labute approximate surface area is 134 Å². The molecule has 0 saturated heterocycles. The van der Waals surface area contributed by atoms with Gasteiger partial charge in [0.25, 0.3) is 5.91 Å². The molecule has 108 valence electrons. The first kappa shape index (κ1) is 14.3. The van der Waals surface area contributed by atoms with Gasteiger partial charge in [-0.2, -0.15) is 0 Å². The lowest BCUT2D eigenvalue weighted by Crippen LogP contribution is -2.29. The van der Waals surface area contributed by atoms with Gasteiger partial charge in [0.15, 0.2) is 5.78 Å². The summed E-state index contributed by atoms with van der Waals surface area (Å²) in [5.41, 5.74) is 7.14. The number of carbonyl (C=O) groups is 2. The number of amides is 1. The lowest BCUT2D eigenvalue weighted by Gasteiger charge is -2.21. The van der Waals surface area contributed by atoms with E-state index in [9.17, 15) is 9.59 Å². The van der Waals surface area contributed by atoms with Gasteiger partial charge in [-0.1, -0.05) is 27.5 Å². The normalized spacial score (nSPS) is 17.6. The lowest BCUT2D eigenvalue weighted by molar-refractivity contribution is 0.0943. The van der Waals surface area contributed by atoms with E-state index in [1.165, 1.54) is 0 Å². The summed E-state index contributed by atoms with van der Waals surface area (Å²) in [4.78, 5) is 27.9. The SMILES string of the molecule is NC(=O)c1c(Cl)c(-c2cccnc2)n2c1C(=O)C(Br)CC2. The molecule has 7 heteroatoms. The highest BCUT2D eigenvalue weighted by molar-refractivity contribution is 9.10. The fourth-order valence-corrected chi connectivity index (χ4v) is 3.41. The Hall–Kier alpha value is -1.66. The third-order valence-electron chi connectivity index (χ3n) is 3.51. The highest BCUT2D eigenvalue weighted by Gasteiger charge is 2.35. The summed E-state index contributed by atoms with van der Waals surface area (Å²) in [6, 6.07) is 3.60. The molecule has 2 aromatic heterocycles. The van der Waals surface area contributed by atoms with Gasteiger partial charge in [-0.3, -0.25) is 14.6 Å². The van der Waals surface area contributed by atoms with Crippen molar-refractivity contribution in [2.24, 2.45) is 5.73 Å². The Kier molecular flexibility index (Phi) is 3.59. The van der Waals surface area contributed by atoms with Crippen molar-refractivity contribution in [3.63, 3.8) is 0 Å². The van der Waals surface area contributed by atoms with E-state index in [2.05, 4.69) is 20.9 Å². The Morgan fingerprint density at radius 2 is 2.24 bits per heavy atom. The number of hydrogen-bond acceptors (Lipinski definition) is 3. The highest BCUT2D eigenvalue weighted by Crippen LogP contribution is 2.39. The van der Waals surface area contributed by atoms with Crippen molar-refractivity contribution < 1.29 is 9.59 Å². The topological polar surface area (TPSA) is 78.0 Å². The second kappa shape index (κ2) is 5.27. The van der Waals surface area contributed by atoms with Crippen molar-refractivity contribution >= 4 is 39.2 Å². The molecule has 0 aromatic carbocycles. The molecule has 0 radical (unpaired) electrons. The molecular weight excluding hydrogens is 358 g/mol. The number of ketones is 1. The van der Waals surface area contributed by atoms with Crippen LogP contribution in [-0.4, -0.2) is 26.1 Å². The molecule has 0 saturated carbocycles. The van der Waals surface area contributed by atoms with Crippen LogP contribution in [0.2, 0.25) is 5.02 Å². The number of rotatable bonds is 2. The molecule has 5 nitrogen and oxygen atoms in total. The molecule has 1 unspecified atom stereocenters. The number of carbonyl (C=O) groups excluding carboxylic acids is 2. The second-order valence-electron chi connectivity index (χ2n) is 4.76. The second-order valence-corrected chi connectivity index (χ2v) is 6.25. The fourth-order valence-electron chi connectivity index (χ4n) is 2.60. The van der Waals surface area contributed by atoms with Gasteiger partial charge >= 0.3 is 0 Å². The van der Waals surface area contributed by atoms with Gasteiger partial charge in [-0.05, 0) is 18.6 Å². The van der Waals surface area contributed by atoms with Crippen LogP contribution in [0, 0.1) is 0 Å². The van der Waals surface area contributed by atoms with Gasteiger partial charge in [0.05, 0.1) is 21.1 Å². The van der Waals surface area contributed by atoms with Gasteiger partial charge in [-0.25, -0.2) is 0 Å². The Balaban J connectivity index is 2.33. The number of primary amides is 1. The molecule has 21 heavy (non-hydrogen) atoms. The number of nitrogens with zero attached hydrogens (tertiary/aromatic N) is 2. The van der Waals surface area contributed by atoms with Crippen LogP contribution in [0.15, 0.2) is 24.5 Å². The molecule has 0 fully saturated rings. The number of nitrogens with two attached hydrogens (primary N) is 1. The van der Waals surface area contributed by atoms with Gasteiger partial charge < -0.3 is 10.3 Å². The predicted octanol–water partition coefficient (Wildman–Crippen LogP) is 2.65. The summed E-state index contributed by atoms with van der Waals surface area (Å²) >= 11 is 9.67. The largest absolute Gasteiger partial charge is 0.365 e. The van der Waals surface area contributed by atoms with Crippen molar-refractivity contribution in [2.75, 3.05) is 0 Å². The van der Waals surface area contributed by atoms with Gasteiger partial charge in [0.2, 0.25) is 0 Å². The van der Waals surface area contributed by atoms with Crippen molar-refractivity contribution in [3.05, 3.63) is 40.8 Å². The Morgan fingerprint density at radius 3 is 2.86 bits per heavy atom. The fraction of sp³-hybridized carbons (Fsp3) is 0.214. The summed E-state index contributed by atoms with van der Waals surface area (Å²) in [6.45, 7) is 0.578. The minimum Gasteiger partial charge on any atom is -0.365 e. The van der Waals surface area contributed by atoms with Crippen LogP contribution >= 0.6 is 27.5 Å². The quantitative estimate of drug-likeness (QED) is 0.828. The average molecular weight is 369 g/mol. The van der Waals surface area contributed by atoms with E-state index < -0.39 is 5.91 Å². The predicted molar refractivity (Wildman–Crippen MR) is 82.9 cm³/mol. The van der Waals surface area contributed by atoms with E-state index in [-0.39, 0.29) is 26.9 Å². The molecular formula is C14H11BrClN3O2. The van der Waals surface area contributed by atoms with Crippen molar-refractivity contribution in [2.45, 2.75) is 17.8 Å². The number of halogens is 2. The maximum Gasteiger partial charge on any atom is 0.252 e. The average Bonchev–Trinajstić information content (AvgIpc) is 2.77. The summed E-state index contributed by atoms with van der Waals surface area (Å²) in [5, 5.41) is 0.209. The maximum atomic E-state index is 12.4.